The van der Waals surface area contributed by atoms with E-state index in [1.165, 1.54) is 18.7 Å². The molecule has 0 aromatic carbocycles. The van der Waals surface area contributed by atoms with E-state index in [-0.39, 0.29) is 34.9 Å². The van der Waals surface area contributed by atoms with Crippen LogP contribution in [0.15, 0.2) is 0 Å². The van der Waals surface area contributed by atoms with Gasteiger partial charge in [0.05, 0.1) is 6.54 Å². The molecule has 1 aliphatic heterocycles. The Morgan fingerprint density at radius 3 is 2.58 bits per heavy atom. The smallest absolute Gasteiger partial charge is 0.240 e. The monoisotopic (exact) mass is 286 g/mol. The van der Waals surface area contributed by atoms with Crippen molar-refractivity contribution in [2.75, 3.05) is 18.8 Å². The van der Waals surface area contributed by atoms with Gasteiger partial charge in [-0.2, -0.15) is 0 Å². The Bertz CT molecular complexity index is 377. The Morgan fingerprint density at radius 2 is 2.05 bits per heavy atom. The van der Waals surface area contributed by atoms with Gasteiger partial charge in [0.1, 0.15) is 0 Å². The summed E-state index contributed by atoms with van der Waals surface area (Å²) in [5, 5.41) is 2.91. The lowest BCUT2D eigenvalue weighted by molar-refractivity contribution is -0.133. The molecule has 1 saturated heterocycles. The molecule has 0 saturated carbocycles. The highest BCUT2D eigenvalue weighted by Crippen LogP contribution is 2.22. The van der Waals surface area contributed by atoms with Crippen LogP contribution in [0.4, 0.5) is 0 Å². The summed E-state index contributed by atoms with van der Waals surface area (Å²) in [6, 6.07) is 0. The maximum Gasteiger partial charge on any atom is 0.240 e. The zero-order valence-corrected chi connectivity index (χ0v) is 12.8. The molecular weight excluding hydrogens is 264 g/mol. The maximum absolute atomic E-state index is 11.8. The highest BCUT2D eigenvalue weighted by atomic mass is 32.2. The molecule has 1 atom stereocenters. The zero-order valence-electron chi connectivity index (χ0n) is 12.0. The van der Waals surface area contributed by atoms with Crippen molar-refractivity contribution in [3.05, 3.63) is 0 Å². The normalized spacial score (nSPS) is 19.7. The van der Waals surface area contributed by atoms with Crippen molar-refractivity contribution in [3.8, 4) is 0 Å². The number of carbonyl (C=O) groups excluding carboxylic acids is 3. The van der Waals surface area contributed by atoms with E-state index in [0.29, 0.717) is 18.7 Å². The number of nitrogens with one attached hydrogen (secondary N) is 1. The van der Waals surface area contributed by atoms with Gasteiger partial charge in [-0.1, -0.05) is 11.8 Å². The second kappa shape index (κ2) is 6.41. The quantitative estimate of drug-likeness (QED) is 0.838. The fraction of sp³-hybridized carbons (Fsp3) is 0.769. The van der Waals surface area contributed by atoms with Crippen molar-refractivity contribution in [1.82, 2.24) is 10.2 Å². The number of carbonyl (C=O) groups is 3. The molecule has 0 aromatic heterocycles. The first-order valence-electron chi connectivity index (χ1n) is 6.39. The van der Waals surface area contributed by atoms with E-state index in [1.54, 1.807) is 4.90 Å². The van der Waals surface area contributed by atoms with Crippen LogP contribution in [0.1, 0.15) is 34.1 Å². The molecule has 0 bridgehead atoms. The number of hydrogen-bond donors (Lipinski definition) is 1. The van der Waals surface area contributed by atoms with Gasteiger partial charge in [0.15, 0.2) is 5.12 Å². The van der Waals surface area contributed by atoms with Crippen molar-refractivity contribution < 1.29 is 14.4 Å². The number of nitrogens with zero attached hydrogens (tertiary/aromatic N) is 1. The SMILES string of the molecule is CC(=O)SCC1CC(=O)N(CC(=O)NC(C)(C)C)C1. The van der Waals surface area contributed by atoms with Gasteiger partial charge in [-0.15, -0.1) is 0 Å². The lowest BCUT2D eigenvalue weighted by Crippen LogP contribution is -2.46. The number of likely N-dealkylation sites (tertiary alicyclic amines) is 1. The van der Waals surface area contributed by atoms with Gasteiger partial charge >= 0.3 is 0 Å². The van der Waals surface area contributed by atoms with Gasteiger partial charge in [0.2, 0.25) is 11.8 Å². The molecule has 0 radical (unpaired) electrons. The molecule has 1 unspecified atom stereocenters. The fourth-order valence-corrected chi connectivity index (χ4v) is 2.68. The van der Waals surface area contributed by atoms with Crippen LogP contribution < -0.4 is 5.32 Å². The highest BCUT2D eigenvalue weighted by Gasteiger charge is 2.31. The number of thioether (sulfide) groups is 1. The third-order valence-corrected chi connectivity index (χ3v) is 3.71. The van der Waals surface area contributed by atoms with Crippen LogP contribution in [0.5, 0.6) is 0 Å². The summed E-state index contributed by atoms with van der Waals surface area (Å²) in [6.07, 6.45) is 0.434. The molecule has 19 heavy (non-hydrogen) atoms. The summed E-state index contributed by atoms with van der Waals surface area (Å²) < 4.78 is 0. The molecule has 1 rings (SSSR count). The average molecular weight is 286 g/mol. The summed E-state index contributed by atoms with van der Waals surface area (Å²) in [4.78, 5) is 36.0. The van der Waals surface area contributed by atoms with Crippen LogP contribution in [0.25, 0.3) is 0 Å². The number of rotatable bonds is 4. The third-order valence-electron chi connectivity index (χ3n) is 2.67. The standard InChI is InChI=1S/C13H22N2O3S/c1-9(16)19-8-10-5-12(18)15(6-10)7-11(17)14-13(2,3)4/h10H,5-8H2,1-4H3,(H,14,17). The van der Waals surface area contributed by atoms with Crippen molar-refractivity contribution in [2.24, 2.45) is 5.92 Å². The van der Waals surface area contributed by atoms with Gasteiger partial charge in [-0.05, 0) is 26.7 Å². The fourth-order valence-electron chi connectivity index (χ4n) is 1.98. The molecule has 108 valence electrons. The first-order chi connectivity index (χ1) is 8.67. The van der Waals surface area contributed by atoms with Gasteiger partial charge in [0, 0.05) is 31.2 Å². The Labute approximate surface area is 118 Å². The third kappa shape index (κ3) is 6.09. The molecule has 0 aliphatic carbocycles. The van der Waals surface area contributed by atoms with E-state index in [0.717, 1.165) is 0 Å². The van der Waals surface area contributed by atoms with Crippen LogP contribution in [0.2, 0.25) is 0 Å². The predicted molar refractivity (Wildman–Crippen MR) is 75.7 cm³/mol. The molecule has 0 aromatic rings. The van der Waals surface area contributed by atoms with Gasteiger partial charge in [0.25, 0.3) is 0 Å². The van der Waals surface area contributed by atoms with Gasteiger partial charge in [-0.25, -0.2) is 0 Å². The molecule has 6 heteroatoms. The largest absolute Gasteiger partial charge is 0.350 e. The van der Waals surface area contributed by atoms with Crippen LogP contribution in [0.3, 0.4) is 0 Å². The van der Waals surface area contributed by atoms with E-state index in [4.69, 9.17) is 0 Å². The highest BCUT2D eigenvalue weighted by molar-refractivity contribution is 8.13. The zero-order chi connectivity index (χ0) is 14.6. The molecule has 1 N–H and O–H groups in total. The van der Waals surface area contributed by atoms with Crippen LogP contribution in [-0.2, 0) is 14.4 Å². The lowest BCUT2D eigenvalue weighted by atomic mass is 10.1. The number of hydrogen-bond acceptors (Lipinski definition) is 4. The Kier molecular flexibility index (Phi) is 5.40. The van der Waals surface area contributed by atoms with Crippen LogP contribution >= 0.6 is 11.8 Å². The minimum absolute atomic E-state index is 0.00166. The Balaban J connectivity index is 2.41. The lowest BCUT2D eigenvalue weighted by Gasteiger charge is -2.23. The van der Waals surface area contributed by atoms with Crippen LogP contribution in [-0.4, -0.2) is 46.2 Å². The Hall–Kier alpha value is -1.04. The van der Waals surface area contributed by atoms with E-state index in [1.807, 2.05) is 20.8 Å². The minimum Gasteiger partial charge on any atom is -0.350 e. The van der Waals surface area contributed by atoms with Crippen LogP contribution in [0, 0.1) is 5.92 Å². The summed E-state index contributed by atoms with van der Waals surface area (Å²) in [5.41, 5.74) is -0.288. The predicted octanol–water partition coefficient (Wildman–Crippen LogP) is 1.03. The second-order valence-corrected chi connectivity index (χ2v) is 7.14. The van der Waals surface area contributed by atoms with E-state index >= 15 is 0 Å². The Morgan fingerprint density at radius 1 is 1.42 bits per heavy atom. The number of amides is 2. The molecule has 2 amide bonds. The van der Waals surface area contributed by atoms with Crippen molar-refractivity contribution in [1.29, 1.82) is 0 Å². The second-order valence-electron chi connectivity index (χ2n) is 5.95. The van der Waals surface area contributed by atoms with Gasteiger partial charge in [-0.3, -0.25) is 14.4 Å². The summed E-state index contributed by atoms with van der Waals surface area (Å²) in [5.74, 6) is 0.682. The molecular formula is C13H22N2O3S. The first kappa shape index (κ1) is 16.0. The van der Waals surface area contributed by atoms with Crippen molar-refractivity contribution in [3.63, 3.8) is 0 Å². The van der Waals surface area contributed by atoms with E-state index in [9.17, 15) is 14.4 Å². The van der Waals surface area contributed by atoms with E-state index in [2.05, 4.69) is 5.32 Å². The minimum atomic E-state index is -0.288. The maximum atomic E-state index is 11.8. The van der Waals surface area contributed by atoms with E-state index < -0.39 is 0 Å². The average Bonchev–Trinajstić information content (AvgIpc) is 2.54. The van der Waals surface area contributed by atoms with Crippen molar-refractivity contribution >= 4 is 28.7 Å². The van der Waals surface area contributed by atoms with Gasteiger partial charge < -0.3 is 10.2 Å². The summed E-state index contributed by atoms with van der Waals surface area (Å²) in [7, 11) is 0. The molecule has 1 heterocycles. The first-order valence-corrected chi connectivity index (χ1v) is 7.38. The summed E-state index contributed by atoms with van der Waals surface area (Å²) in [6.45, 7) is 7.92. The molecule has 1 aliphatic rings. The van der Waals surface area contributed by atoms with Crippen molar-refractivity contribution in [2.45, 2.75) is 39.7 Å². The topological polar surface area (TPSA) is 66.5 Å². The molecule has 0 spiro atoms. The molecule has 5 nitrogen and oxygen atoms in total. The molecule has 1 fully saturated rings. The summed E-state index contributed by atoms with van der Waals surface area (Å²) >= 11 is 1.24.